The number of benzene rings is 1. The fourth-order valence-corrected chi connectivity index (χ4v) is 4.34. The number of aromatic nitrogens is 3. The Morgan fingerprint density at radius 2 is 2.27 bits per heavy atom. The summed E-state index contributed by atoms with van der Waals surface area (Å²) in [5.74, 6) is 1.97. The van der Waals surface area contributed by atoms with Gasteiger partial charge in [-0.05, 0) is 36.4 Å². The van der Waals surface area contributed by atoms with Gasteiger partial charge in [0.2, 0.25) is 5.13 Å². The van der Waals surface area contributed by atoms with E-state index >= 15 is 0 Å². The van der Waals surface area contributed by atoms with Gasteiger partial charge in [-0.15, -0.1) is 10.2 Å². The lowest BCUT2D eigenvalue weighted by molar-refractivity contribution is 0.101. The van der Waals surface area contributed by atoms with Gasteiger partial charge in [0.15, 0.2) is 15.8 Å². The first-order valence-electron chi connectivity index (χ1n) is 8.16. The lowest BCUT2D eigenvalue weighted by atomic mass is 10.1. The number of carbonyl (C=O) groups is 1. The van der Waals surface area contributed by atoms with Crippen LogP contribution in [0.4, 0.5) is 5.13 Å². The molecule has 4 rings (SSSR count). The number of nitrogens with one attached hydrogen (secondary N) is 1. The molecule has 2 aromatic heterocycles. The first-order valence-corrected chi connectivity index (χ1v) is 9.97. The Hall–Kier alpha value is -2.39. The molecule has 0 aliphatic carbocycles. The molecule has 1 aliphatic rings. The van der Waals surface area contributed by atoms with Gasteiger partial charge in [-0.1, -0.05) is 35.2 Å². The minimum atomic E-state index is -0.373. The van der Waals surface area contributed by atoms with Gasteiger partial charge in [0, 0.05) is 18.1 Å². The van der Waals surface area contributed by atoms with E-state index in [2.05, 4.69) is 20.7 Å². The van der Waals surface area contributed by atoms with Crippen LogP contribution in [0.25, 0.3) is 11.3 Å². The molecule has 3 heterocycles. The van der Waals surface area contributed by atoms with E-state index in [-0.39, 0.29) is 17.7 Å². The number of hydrogen-bond donors (Lipinski definition) is 1. The summed E-state index contributed by atoms with van der Waals surface area (Å²) in [5, 5.41) is 15.0. The number of fused-ring (bicyclic) bond motifs is 1. The highest BCUT2D eigenvalue weighted by Gasteiger charge is 2.21. The fraction of sp³-hybridized carbons (Fsp3) is 0.294. The second kappa shape index (κ2) is 7.08. The molecule has 1 atom stereocenters. The monoisotopic (exact) mass is 388 g/mol. The van der Waals surface area contributed by atoms with Crippen molar-refractivity contribution < 1.29 is 14.1 Å². The minimum absolute atomic E-state index is 0.180. The minimum Gasteiger partial charge on any atom is -0.490 e. The normalized spacial score (nSPS) is 15.5. The van der Waals surface area contributed by atoms with E-state index in [0.717, 1.165) is 33.4 Å². The summed E-state index contributed by atoms with van der Waals surface area (Å²) in [4.78, 5) is 12.3. The lowest BCUT2D eigenvalue weighted by Crippen LogP contribution is -2.11. The average molecular weight is 388 g/mol. The van der Waals surface area contributed by atoms with Crippen LogP contribution in [0.15, 0.2) is 33.1 Å². The number of nitrogens with zero attached hydrogens (tertiary/aromatic N) is 3. The Bertz CT molecular complexity index is 953. The molecule has 0 saturated heterocycles. The van der Waals surface area contributed by atoms with E-state index in [1.165, 1.54) is 11.3 Å². The number of carbonyl (C=O) groups excluding carboxylic acids is 1. The third-order valence-corrected chi connectivity index (χ3v) is 5.67. The van der Waals surface area contributed by atoms with Crippen molar-refractivity contribution in [3.8, 4) is 17.1 Å². The summed E-state index contributed by atoms with van der Waals surface area (Å²) >= 11 is 2.91. The molecule has 0 fully saturated rings. The number of ether oxygens (including phenoxy) is 1. The summed E-state index contributed by atoms with van der Waals surface area (Å²) < 4.78 is 11.9. The van der Waals surface area contributed by atoms with Crippen molar-refractivity contribution in [3.63, 3.8) is 0 Å². The quantitative estimate of drug-likeness (QED) is 0.524. The standard InChI is InChI=1S/C17H16N4O3S2/c1-3-25-17-20-19-16(26-17)18-15(22)12-8-14(24-21-12)10-4-5-13-11(7-10)6-9(2)23-13/h4-5,7-9H,3,6H2,1-2H3,(H,18,19,22)/t9-/m0/s1. The van der Waals surface area contributed by atoms with Crippen LogP contribution in [-0.2, 0) is 6.42 Å². The fourth-order valence-electron chi connectivity index (χ4n) is 2.70. The highest BCUT2D eigenvalue weighted by molar-refractivity contribution is 8.01. The Kier molecular flexibility index (Phi) is 4.64. The third-order valence-electron chi connectivity index (χ3n) is 3.82. The van der Waals surface area contributed by atoms with E-state index < -0.39 is 0 Å². The molecule has 0 spiro atoms. The predicted molar refractivity (Wildman–Crippen MR) is 100.0 cm³/mol. The zero-order chi connectivity index (χ0) is 18.1. The van der Waals surface area contributed by atoms with Crippen molar-refractivity contribution in [2.24, 2.45) is 0 Å². The van der Waals surface area contributed by atoms with E-state index in [1.807, 2.05) is 32.0 Å². The molecule has 3 aromatic rings. The van der Waals surface area contributed by atoms with Gasteiger partial charge in [0.1, 0.15) is 11.9 Å². The maximum absolute atomic E-state index is 12.3. The second-order valence-corrected chi connectivity index (χ2v) is 8.28. The third kappa shape index (κ3) is 3.45. The van der Waals surface area contributed by atoms with Crippen molar-refractivity contribution in [2.75, 3.05) is 11.1 Å². The van der Waals surface area contributed by atoms with Crippen LogP contribution in [-0.4, -0.2) is 33.1 Å². The SMILES string of the molecule is CCSc1nnc(NC(=O)c2cc(-c3ccc4c(c3)C[C@H](C)O4)on2)s1. The van der Waals surface area contributed by atoms with Crippen LogP contribution in [0.1, 0.15) is 29.9 Å². The van der Waals surface area contributed by atoms with Crippen LogP contribution in [0.2, 0.25) is 0 Å². The van der Waals surface area contributed by atoms with Gasteiger partial charge in [0.05, 0.1) is 0 Å². The molecule has 0 radical (unpaired) electrons. The highest BCUT2D eigenvalue weighted by atomic mass is 32.2. The molecule has 1 N–H and O–H groups in total. The van der Waals surface area contributed by atoms with Gasteiger partial charge in [0.25, 0.3) is 5.91 Å². The Morgan fingerprint density at radius 1 is 1.38 bits per heavy atom. The van der Waals surface area contributed by atoms with Crippen LogP contribution in [0.5, 0.6) is 5.75 Å². The molecule has 1 aliphatic heterocycles. The van der Waals surface area contributed by atoms with Crippen molar-refractivity contribution in [1.82, 2.24) is 15.4 Å². The molecule has 0 unspecified atom stereocenters. The molecule has 7 nitrogen and oxygen atoms in total. The largest absolute Gasteiger partial charge is 0.490 e. The Balaban J connectivity index is 1.49. The lowest BCUT2D eigenvalue weighted by Gasteiger charge is -2.02. The Labute approximate surface area is 158 Å². The summed E-state index contributed by atoms with van der Waals surface area (Å²) in [6.07, 6.45) is 1.04. The maximum atomic E-state index is 12.3. The predicted octanol–water partition coefficient (Wildman–Crippen LogP) is 3.88. The van der Waals surface area contributed by atoms with Gasteiger partial charge in [-0.2, -0.15) is 0 Å². The molecule has 26 heavy (non-hydrogen) atoms. The second-order valence-electron chi connectivity index (χ2n) is 5.79. The summed E-state index contributed by atoms with van der Waals surface area (Å²) in [7, 11) is 0. The number of hydrogen-bond acceptors (Lipinski definition) is 8. The molecular formula is C17H16N4O3S2. The van der Waals surface area contributed by atoms with Gasteiger partial charge >= 0.3 is 0 Å². The zero-order valence-corrected chi connectivity index (χ0v) is 15.8. The Morgan fingerprint density at radius 3 is 3.12 bits per heavy atom. The van der Waals surface area contributed by atoms with E-state index in [9.17, 15) is 4.79 Å². The summed E-state index contributed by atoms with van der Waals surface area (Å²) in [6.45, 7) is 4.07. The molecule has 9 heteroatoms. The molecule has 1 aromatic carbocycles. The number of anilines is 1. The van der Waals surface area contributed by atoms with Crippen LogP contribution < -0.4 is 10.1 Å². The van der Waals surface area contributed by atoms with Crippen LogP contribution >= 0.6 is 23.1 Å². The van der Waals surface area contributed by atoms with Gasteiger partial charge in [-0.3, -0.25) is 10.1 Å². The van der Waals surface area contributed by atoms with Crippen molar-refractivity contribution in [1.29, 1.82) is 0 Å². The molecule has 0 saturated carbocycles. The highest BCUT2D eigenvalue weighted by Crippen LogP contribution is 2.33. The van der Waals surface area contributed by atoms with Crippen molar-refractivity contribution >= 4 is 34.1 Å². The number of amides is 1. The first kappa shape index (κ1) is 17.0. The van der Waals surface area contributed by atoms with Crippen LogP contribution in [0.3, 0.4) is 0 Å². The number of thioether (sulfide) groups is 1. The number of rotatable bonds is 5. The van der Waals surface area contributed by atoms with Crippen LogP contribution in [0, 0.1) is 0 Å². The molecule has 134 valence electrons. The molecular weight excluding hydrogens is 372 g/mol. The average Bonchev–Trinajstić information content (AvgIpc) is 3.33. The zero-order valence-electron chi connectivity index (χ0n) is 14.2. The maximum Gasteiger partial charge on any atom is 0.279 e. The summed E-state index contributed by atoms with van der Waals surface area (Å²) in [6, 6.07) is 7.46. The smallest absolute Gasteiger partial charge is 0.279 e. The van der Waals surface area contributed by atoms with E-state index in [0.29, 0.717) is 10.9 Å². The van der Waals surface area contributed by atoms with Gasteiger partial charge < -0.3 is 9.26 Å². The summed E-state index contributed by atoms with van der Waals surface area (Å²) in [5.41, 5.74) is 2.20. The topological polar surface area (TPSA) is 90.1 Å². The first-order chi connectivity index (χ1) is 12.6. The van der Waals surface area contributed by atoms with E-state index in [1.54, 1.807) is 17.8 Å². The molecule has 0 bridgehead atoms. The van der Waals surface area contributed by atoms with Crippen molar-refractivity contribution in [3.05, 3.63) is 35.5 Å². The van der Waals surface area contributed by atoms with Crippen molar-refractivity contribution in [2.45, 2.75) is 30.7 Å². The van der Waals surface area contributed by atoms with E-state index in [4.69, 9.17) is 9.26 Å². The molecule has 1 amide bonds. The van der Waals surface area contributed by atoms with Gasteiger partial charge in [-0.25, -0.2) is 0 Å².